The Morgan fingerprint density at radius 2 is 1.87 bits per heavy atom. The van der Waals surface area contributed by atoms with Gasteiger partial charge in [0.15, 0.2) is 0 Å². The Kier molecular flexibility index (Phi) is 3.85. The van der Waals surface area contributed by atoms with Crippen molar-refractivity contribution in [3.8, 4) is 5.75 Å². The summed E-state index contributed by atoms with van der Waals surface area (Å²) >= 11 is 0. The van der Waals surface area contributed by atoms with Crippen LogP contribution in [0.4, 0.5) is 0 Å². The molecule has 6 heteroatoms. The van der Waals surface area contributed by atoms with E-state index in [0.29, 0.717) is 29.0 Å². The van der Waals surface area contributed by atoms with Crippen LogP contribution in [0.15, 0.2) is 47.6 Å². The number of hydrogen-bond acceptors (Lipinski definition) is 4. The van der Waals surface area contributed by atoms with Gasteiger partial charge in [0.05, 0.1) is 22.5 Å². The first kappa shape index (κ1) is 15.6. The number of hydrogen-bond donors (Lipinski definition) is 0. The van der Waals surface area contributed by atoms with Gasteiger partial charge in [-0.25, -0.2) is 17.4 Å². The van der Waals surface area contributed by atoms with Gasteiger partial charge in [0.1, 0.15) is 12.1 Å². The molecule has 0 radical (unpaired) electrons. The zero-order valence-electron chi connectivity index (χ0n) is 13.3. The summed E-state index contributed by atoms with van der Waals surface area (Å²) in [5.74, 6) is 0.708. The zero-order valence-corrected chi connectivity index (χ0v) is 14.1. The number of para-hydroxylation sites is 2. The van der Waals surface area contributed by atoms with Crippen LogP contribution in [0.25, 0.3) is 11.0 Å². The number of ether oxygens (including phenoxy) is 1. The maximum Gasteiger partial charge on any atom is 0.269 e. The quantitative estimate of drug-likeness (QED) is 0.736. The Labute approximate surface area is 135 Å². The van der Waals surface area contributed by atoms with Crippen LogP contribution in [0.2, 0.25) is 0 Å². The molecule has 0 fully saturated rings. The summed E-state index contributed by atoms with van der Waals surface area (Å²) < 4.78 is 32.8. The third-order valence-corrected chi connectivity index (χ3v) is 5.53. The third kappa shape index (κ3) is 2.59. The number of aryl methyl sites for hydroxylation is 2. The third-order valence-electron chi connectivity index (χ3n) is 3.73. The number of aromatic nitrogens is 2. The fourth-order valence-electron chi connectivity index (χ4n) is 2.59. The number of fused-ring (bicyclic) bond motifs is 1. The Morgan fingerprint density at radius 1 is 1.13 bits per heavy atom. The maximum absolute atomic E-state index is 13.0. The van der Waals surface area contributed by atoms with Crippen LogP contribution in [0.1, 0.15) is 18.1 Å². The molecule has 2 aromatic carbocycles. The smallest absolute Gasteiger partial charge is 0.269 e. The van der Waals surface area contributed by atoms with Crippen molar-refractivity contribution in [1.29, 1.82) is 0 Å². The molecule has 0 amide bonds. The second-order valence-corrected chi connectivity index (χ2v) is 7.13. The van der Waals surface area contributed by atoms with Crippen molar-refractivity contribution in [2.45, 2.75) is 25.7 Å². The zero-order chi connectivity index (χ0) is 16.6. The summed E-state index contributed by atoms with van der Waals surface area (Å²) in [6, 6.07) is 10.6. The first-order valence-corrected chi connectivity index (χ1v) is 8.81. The lowest BCUT2D eigenvalue weighted by atomic mass is 10.1. The van der Waals surface area contributed by atoms with E-state index in [4.69, 9.17) is 4.74 Å². The Balaban J connectivity index is 2.19. The van der Waals surface area contributed by atoms with Gasteiger partial charge >= 0.3 is 0 Å². The highest BCUT2D eigenvalue weighted by molar-refractivity contribution is 7.90. The molecule has 0 spiro atoms. The van der Waals surface area contributed by atoms with E-state index < -0.39 is 10.0 Å². The predicted octanol–water partition coefficient (Wildman–Crippen LogP) is 3.29. The average Bonchev–Trinajstić information content (AvgIpc) is 2.95. The van der Waals surface area contributed by atoms with Gasteiger partial charge in [-0.05, 0) is 56.2 Å². The highest BCUT2D eigenvalue weighted by atomic mass is 32.2. The van der Waals surface area contributed by atoms with Gasteiger partial charge < -0.3 is 4.74 Å². The molecule has 0 saturated carbocycles. The normalized spacial score (nSPS) is 11.8. The van der Waals surface area contributed by atoms with Gasteiger partial charge in [-0.1, -0.05) is 12.1 Å². The number of rotatable bonds is 4. The van der Waals surface area contributed by atoms with Crippen LogP contribution in [0, 0.1) is 13.8 Å². The summed E-state index contributed by atoms with van der Waals surface area (Å²) in [5.41, 5.74) is 2.66. The van der Waals surface area contributed by atoms with Crippen LogP contribution >= 0.6 is 0 Å². The largest absolute Gasteiger partial charge is 0.494 e. The summed E-state index contributed by atoms with van der Waals surface area (Å²) in [6.07, 6.45) is 1.35. The van der Waals surface area contributed by atoms with E-state index in [1.54, 1.807) is 37.3 Å². The molecule has 23 heavy (non-hydrogen) atoms. The molecule has 120 valence electrons. The topological polar surface area (TPSA) is 61.2 Å². The van der Waals surface area contributed by atoms with E-state index in [1.807, 2.05) is 19.9 Å². The molecule has 1 aromatic heterocycles. The van der Waals surface area contributed by atoms with Crippen molar-refractivity contribution in [1.82, 2.24) is 8.96 Å². The Bertz CT molecular complexity index is 975. The van der Waals surface area contributed by atoms with Crippen molar-refractivity contribution in [3.63, 3.8) is 0 Å². The highest BCUT2D eigenvalue weighted by Gasteiger charge is 2.23. The molecule has 1 heterocycles. The van der Waals surface area contributed by atoms with E-state index in [2.05, 4.69) is 4.98 Å². The molecular formula is C17H18N2O3S. The standard InChI is InChI=1S/C17H18N2O3S/c1-4-22-16-9-13(3)17(10-12(16)2)23(20,21)19-11-18-14-7-5-6-8-15(14)19/h5-11H,4H2,1-3H3. The molecule has 0 saturated heterocycles. The lowest BCUT2D eigenvalue weighted by Gasteiger charge is -2.13. The summed E-state index contributed by atoms with van der Waals surface area (Å²) in [7, 11) is -3.71. The fourth-order valence-corrected chi connectivity index (χ4v) is 4.17. The highest BCUT2D eigenvalue weighted by Crippen LogP contribution is 2.28. The molecule has 0 unspecified atom stereocenters. The predicted molar refractivity (Wildman–Crippen MR) is 89.4 cm³/mol. The van der Waals surface area contributed by atoms with Crippen molar-refractivity contribution in [3.05, 3.63) is 53.9 Å². The van der Waals surface area contributed by atoms with Crippen molar-refractivity contribution in [2.24, 2.45) is 0 Å². The minimum Gasteiger partial charge on any atom is -0.494 e. The second kappa shape index (κ2) is 5.70. The molecule has 0 bridgehead atoms. The van der Waals surface area contributed by atoms with Crippen molar-refractivity contribution < 1.29 is 13.2 Å². The molecule has 0 aliphatic carbocycles. The minimum atomic E-state index is -3.71. The molecular weight excluding hydrogens is 312 g/mol. The van der Waals surface area contributed by atoms with Crippen LogP contribution in [-0.2, 0) is 10.0 Å². The van der Waals surface area contributed by atoms with Gasteiger partial charge in [0.25, 0.3) is 10.0 Å². The van der Waals surface area contributed by atoms with Crippen molar-refractivity contribution in [2.75, 3.05) is 6.61 Å². The van der Waals surface area contributed by atoms with E-state index in [0.717, 1.165) is 5.56 Å². The summed E-state index contributed by atoms with van der Waals surface area (Å²) in [6.45, 7) is 6.05. The monoisotopic (exact) mass is 330 g/mol. The van der Waals surface area contributed by atoms with Gasteiger partial charge in [0.2, 0.25) is 0 Å². The number of benzene rings is 2. The van der Waals surface area contributed by atoms with Crippen LogP contribution < -0.4 is 4.74 Å². The lowest BCUT2D eigenvalue weighted by Crippen LogP contribution is -2.14. The molecule has 3 rings (SSSR count). The molecule has 5 nitrogen and oxygen atoms in total. The molecule has 0 N–H and O–H groups in total. The second-order valence-electron chi connectivity index (χ2n) is 5.35. The maximum atomic E-state index is 13.0. The first-order valence-electron chi connectivity index (χ1n) is 7.37. The number of imidazole rings is 1. The Morgan fingerprint density at radius 3 is 2.61 bits per heavy atom. The fraction of sp³-hybridized carbons (Fsp3) is 0.235. The average molecular weight is 330 g/mol. The van der Waals surface area contributed by atoms with Gasteiger partial charge in [-0.15, -0.1) is 0 Å². The summed E-state index contributed by atoms with van der Waals surface area (Å²) in [4.78, 5) is 4.43. The van der Waals surface area contributed by atoms with E-state index in [1.165, 1.54) is 10.3 Å². The lowest BCUT2D eigenvalue weighted by molar-refractivity contribution is 0.337. The van der Waals surface area contributed by atoms with Gasteiger partial charge in [-0.3, -0.25) is 0 Å². The van der Waals surface area contributed by atoms with E-state index in [-0.39, 0.29) is 4.90 Å². The SMILES string of the molecule is CCOc1cc(C)c(S(=O)(=O)n2cnc3ccccc32)cc1C. The summed E-state index contributed by atoms with van der Waals surface area (Å²) in [5, 5.41) is 0. The molecule has 0 atom stereocenters. The Hall–Kier alpha value is -2.34. The molecule has 0 aliphatic heterocycles. The number of nitrogens with zero attached hydrogens (tertiary/aromatic N) is 2. The van der Waals surface area contributed by atoms with Crippen LogP contribution in [0.5, 0.6) is 5.75 Å². The van der Waals surface area contributed by atoms with E-state index >= 15 is 0 Å². The molecule has 0 aliphatic rings. The van der Waals surface area contributed by atoms with Crippen LogP contribution in [-0.4, -0.2) is 24.0 Å². The molecule has 3 aromatic rings. The van der Waals surface area contributed by atoms with Gasteiger partial charge in [-0.2, -0.15) is 0 Å². The first-order chi connectivity index (χ1) is 10.9. The van der Waals surface area contributed by atoms with Crippen LogP contribution in [0.3, 0.4) is 0 Å². The van der Waals surface area contributed by atoms with E-state index in [9.17, 15) is 8.42 Å². The van der Waals surface area contributed by atoms with Crippen molar-refractivity contribution >= 4 is 21.1 Å². The minimum absolute atomic E-state index is 0.265. The van der Waals surface area contributed by atoms with Gasteiger partial charge in [0, 0.05) is 0 Å².